The first-order chi connectivity index (χ1) is 34.5. The number of rotatable bonds is 57. The van der Waals surface area contributed by atoms with E-state index in [2.05, 4.69) is 57.2 Å². The Kier molecular flexibility index (Phi) is 57.2. The largest absolute Gasteiger partial charge is 0.462 e. The molecular formula is C64H118O6. The molecule has 0 aliphatic carbocycles. The van der Waals surface area contributed by atoms with Gasteiger partial charge in [0.1, 0.15) is 13.2 Å². The fourth-order valence-corrected chi connectivity index (χ4v) is 9.22. The van der Waals surface area contributed by atoms with E-state index >= 15 is 0 Å². The number of esters is 3. The Morgan fingerprint density at radius 3 is 0.800 bits per heavy atom. The Bertz CT molecular complexity index is 1170. The van der Waals surface area contributed by atoms with Gasteiger partial charge in [-0.25, -0.2) is 0 Å². The van der Waals surface area contributed by atoms with Gasteiger partial charge >= 0.3 is 17.9 Å². The van der Waals surface area contributed by atoms with Crippen molar-refractivity contribution >= 4 is 17.9 Å². The molecule has 0 rings (SSSR count). The van der Waals surface area contributed by atoms with Crippen LogP contribution in [0.3, 0.4) is 0 Å². The van der Waals surface area contributed by atoms with Gasteiger partial charge in [-0.3, -0.25) is 14.4 Å². The summed E-state index contributed by atoms with van der Waals surface area (Å²) < 4.78 is 16.9. The summed E-state index contributed by atoms with van der Waals surface area (Å²) in [5, 5.41) is 0. The first kappa shape index (κ1) is 67.6. The van der Waals surface area contributed by atoms with Gasteiger partial charge in [0.15, 0.2) is 6.10 Å². The number of hydrogen-bond donors (Lipinski definition) is 0. The Labute approximate surface area is 435 Å². The van der Waals surface area contributed by atoms with Crippen molar-refractivity contribution in [3.8, 4) is 0 Å². The van der Waals surface area contributed by atoms with E-state index in [-0.39, 0.29) is 31.1 Å². The molecule has 0 amide bonds. The SMILES string of the molecule is CCCCCCC/C=C\C/C=C\C/C=C\CCCCCCCCC(=O)OCC(COC(=O)CCCCCCCCCCCCCCC)OC(=O)CCCCCCCCCCCCCCCCCCCC. The van der Waals surface area contributed by atoms with E-state index < -0.39 is 6.10 Å². The summed E-state index contributed by atoms with van der Waals surface area (Å²) in [4.78, 5) is 38.2. The molecule has 0 saturated heterocycles. The first-order valence-corrected chi connectivity index (χ1v) is 31.0. The number of ether oxygens (including phenoxy) is 3. The molecule has 6 nitrogen and oxygen atoms in total. The number of unbranched alkanes of at least 4 members (excludes halogenated alkanes) is 40. The molecule has 0 bridgehead atoms. The number of carbonyl (C=O) groups is 3. The molecule has 0 saturated carbocycles. The van der Waals surface area contributed by atoms with Crippen LogP contribution in [0.5, 0.6) is 0 Å². The van der Waals surface area contributed by atoms with Crippen LogP contribution < -0.4 is 0 Å². The van der Waals surface area contributed by atoms with Crippen molar-refractivity contribution < 1.29 is 28.6 Å². The zero-order valence-electron chi connectivity index (χ0n) is 47.1. The first-order valence-electron chi connectivity index (χ1n) is 31.0. The van der Waals surface area contributed by atoms with E-state index in [1.54, 1.807) is 0 Å². The summed E-state index contributed by atoms with van der Waals surface area (Å²) in [7, 11) is 0. The second-order valence-electron chi connectivity index (χ2n) is 21.0. The molecule has 0 spiro atoms. The molecule has 1 atom stereocenters. The van der Waals surface area contributed by atoms with Crippen LogP contribution in [0.1, 0.15) is 335 Å². The highest BCUT2D eigenvalue weighted by Crippen LogP contribution is 2.17. The van der Waals surface area contributed by atoms with Crippen molar-refractivity contribution in [1.29, 1.82) is 0 Å². The Morgan fingerprint density at radius 2 is 0.514 bits per heavy atom. The molecule has 0 aromatic heterocycles. The molecule has 0 radical (unpaired) electrons. The van der Waals surface area contributed by atoms with Crippen LogP contribution in [0.15, 0.2) is 36.5 Å². The average molecular weight is 984 g/mol. The minimum Gasteiger partial charge on any atom is -0.462 e. The highest BCUT2D eigenvalue weighted by molar-refractivity contribution is 5.71. The fourth-order valence-electron chi connectivity index (χ4n) is 9.22. The maximum atomic E-state index is 12.9. The van der Waals surface area contributed by atoms with Gasteiger partial charge < -0.3 is 14.2 Å². The monoisotopic (exact) mass is 983 g/mol. The molecule has 70 heavy (non-hydrogen) atoms. The van der Waals surface area contributed by atoms with Crippen molar-refractivity contribution in [3.05, 3.63) is 36.5 Å². The summed E-state index contributed by atoms with van der Waals surface area (Å²) in [5.41, 5.74) is 0. The Balaban J connectivity index is 4.33. The Hall–Kier alpha value is -2.37. The lowest BCUT2D eigenvalue weighted by Crippen LogP contribution is -2.30. The molecule has 0 aliphatic rings. The third-order valence-corrected chi connectivity index (χ3v) is 13.9. The van der Waals surface area contributed by atoms with Gasteiger partial charge in [-0.15, -0.1) is 0 Å². The molecule has 0 N–H and O–H groups in total. The van der Waals surface area contributed by atoms with Gasteiger partial charge in [-0.2, -0.15) is 0 Å². The smallest absolute Gasteiger partial charge is 0.306 e. The maximum Gasteiger partial charge on any atom is 0.306 e. The third kappa shape index (κ3) is 56.5. The van der Waals surface area contributed by atoms with Crippen LogP contribution in [-0.2, 0) is 28.6 Å². The third-order valence-electron chi connectivity index (χ3n) is 13.9. The van der Waals surface area contributed by atoms with Crippen LogP contribution in [0, 0.1) is 0 Å². The summed E-state index contributed by atoms with van der Waals surface area (Å²) in [6.45, 7) is 6.67. The normalized spacial score (nSPS) is 12.2. The average Bonchev–Trinajstić information content (AvgIpc) is 3.36. The minimum atomic E-state index is -0.774. The number of hydrogen-bond acceptors (Lipinski definition) is 6. The second kappa shape index (κ2) is 59.2. The number of carbonyl (C=O) groups excluding carboxylic acids is 3. The Morgan fingerprint density at radius 1 is 0.286 bits per heavy atom. The van der Waals surface area contributed by atoms with Crippen LogP contribution >= 0.6 is 0 Å². The van der Waals surface area contributed by atoms with Crippen molar-refractivity contribution in [2.75, 3.05) is 13.2 Å². The number of allylic oxidation sites excluding steroid dienone is 6. The molecule has 410 valence electrons. The van der Waals surface area contributed by atoms with Gasteiger partial charge in [0, 0.05) is 19.3 Å². The summed E-state index contributed by atoms with van der Waals surface area (Å²) in [6.07, 6.45) is 71.4. The topological polar surface area (TPSA) is 78.9 Å². The van der Waals surface area contributed by atoms with Crippen molar-refractivity contribution in [1.82, 2.24) is 0 Å². The van der Waals surface area contributed by atoms with Crippen LogP contribution in [0.2, 0.25) is 0 Å². The summed E-state index contributed by atoms with van der Waals surface area (Å²) in [5.74, 6) is -0.861. The van der Waals surface area contributed by atoms with E-state index in [4.69, 9.17) is 14.2 Å². The van der Waals surface area contributed by atoms with Crippen molar-refractivity contribution in [2.24, 2.45) is 0 Å². The fraction of sp³-hybridized carbons (Fsp3) is 0.859. The molecule has 0 fully saturated rings. The predicted molar refractivity (Wildman–Crippen MR) is 302 cm³/mol. The van der Waals surface area contributed by atoms with Crippen LogP contribution in [0.4, 0.5) is 0 Å². The highest BCUT2D eigenvalue weighted by atomic mass is 16.6. The van der Waals surface area contributed by atoms with E-state index in [0.717, 1.165) is 77.0 Å². The molecular weight excluding hydrogens is 865 g/mol. The highest BCUT2D eigenvalue weighted by Gasteiger charge is 2.19. The van der Waals surface area contributed by atoms with Gasteiger partial charge in [0.2, 0.25) is 0 Å². The maximum absolute atomic E-state index is 12.9. The second-order valence-corrected chi connectivity index (χ2v) is 21.0. The molecule has 0 heterocycles. The molecule has 6 heteroatoms. The quantitative estimate of drug-likeness (QED) is 0.0261. The zero-order valence-corrected chi connectivity index (χ0v) is 47.1. The van der Waals surface area contributed by atoms with E-state index in [9.17, 15) is 14.4 Å². The molecule has 0 aromatic rings. The minimum absolute atomic E-state index is 0.0712. The van der Waals surface area contributed by atoms with E-state index in [1.807, 2.05) is 0 Å². The predicted octanol–water partition coefficient (Wildman–Crippen LogP) is 20.8. The lowest BCUT2D eigenvalue weighted by Gasteiger charge is -2.18. The van der Waals surface area contributed by atoms with Gasteiger partial charge in [-0.05, 0) is 57.8 Å². The van der Waals surface area contributed by atoms with E-state index in [1.165, 1.54) is 218 Å². The van der Waals surface area contributed by atoms with Crippen LogP contribution in [0.25, 0.3) is 0 Å². The summed E-state index contributed by atoms with van der Waals surface area (Å²) in [6, 6.07) is 0. The van der Waals surface area contributed by atoms with Crippen molar-refractivity contribution in [2.45, 2.75) is 341 Å². The standard InChI is InChI=1S/C64H118O6/c1-4-7-10-13-16-19-22-25-27-29-31-32-33-35-36-39-42-45-48-51-54-57-63(66)69-60-61(59-68-62(65)56-53-50-47-44-41-38-24-21-18-15-12-9-6-3)70-64(67)58-55-52-49-46-43-40-37-34-30-28-26-23-20-17-14-11-8-5-2/h22,25,29,31,33,35,61H,4-21,23-24,26-28,30,32,34,36-60H2,1-3H3/b25-22-,31-29-,35-33-. The zero-order chi connectivity index (χ0) is 50.7. The molecule has 1 unspecified atom stereocenters. The van der Waals surface area contributed by atoms with Crippen molar-refractivity contribution in [3.63, 3.8) is 0 Å². The summed E-state index contributed by atoms with van der Waals surface area (Å²) >= 11 is 0. The van der Waals surface area contributed by atoms with Gasteiger partial charge in [0.05, 0.1) is 0 Å². The van der Waals surface area contributed by atoms with Gasteiger partial charge in [0.25, 0.3) is 0 Å². The molecule has 0 aliphatic heterocycles. The van der Waals surface area contributed by atoms with E-state index in [0.29, 0.717) is 19.3 Å². The van der Waals surface area contributed by atoms with Crippen LogP contribution in [-0.4, -0.2) is 37.2 Å². The lowest BCUT2D eigenvalue weighted by molar-refractivity contribution is -0.167. The molecule has 0 aromatic carbocycles. The lowest BCUT2D eigenvalue weighted by atomic mass is 10.0. The van der Waals surface area contributed by atoms with Gasteiger partial charge in [-0.1, -0.05) is 295 Å².